The minimum Gasteiger partial charge on any atom is -0.360 e. The van der Waals surface area contributed by atoms with Gasteiger partial charge in [0.2, 0.25) is 11.0 Å². The van der Waals surface area contributed by atoms with Crippen LogP contribution in [0.4, 0.5) is 10.8 Å². The van der Waals surface area contributed by atoms with Gasteiger partial charge in [0, 0.05) is 12.2 Å². The lowest BCUT2D eigenvalue weighted by atomic mass is 10.1. The fourth-order valence-corrected chi connectivity index (χ4v) is 3.79. The van der Waals surface area contributed by atoms with E-state index in [1.807, 2.05) is 19.1 Å². The Morgan fingerprint density at radius 2 is 2.12 bits per heavy atom. The molecule has 0 atom stereocenters. The summed E-state index contributed by atoms with van der Waals surface area (Å²) in [5.74, 6) is 0.320. The predicted molar refractivity (Wildman–Crippen MR) is 103 cm³/mol. The van der Waals surface area contributed by atoms with Crippen molar-refractivity contribution in [2.24, 2.45) is 0 Å². The molecular weight excluding hydrogens is 340 g/mol. The highest BCUT2D eigenvalue weighted by Gasteiger charge is 2.11. The SMILES string of the molecule is CCCCNc1nnc(SCC(=O)Nc2c(C)cccc2CC)s1. The maximum Gasteiger partial charge on any atom is 0.234 e. The van der Waals surface area contributed by atoms with Crippen LogP contribution in [0.5, 0.6) is 0 Å². The maximum atomic E-state index is 12.2. The molecule has 0 radical (unpaired) electrons. The molecule has 1 aromatic carbocycles. The summed E-state index contributed by atoms with van der Waals surface area (Å²) >= 11 is 2.91. The number of hydrogen-bond donors (Lipinski definition) is 2. The molecule has 2 N–H and O–H groups in total. The van der Waals surface area contributed by atoms with E-state index in [2.05, 4.69) is 40.7 Å². The molecule has 0 aliphatic rings. The van der Waals surface area contributed by atoms with Crippen LogP contribution >= 0.6 is 23.1 Å². The number of thioether (sulfide) groups is 1. The Morgan fingerprint density at radius 1 is 1.29 bits per heavy atom. The summed E-state index contributed by atoms with van der Waals surface area (Å²) in [5.41, 5.74) is 3.18. The van der Waals surface area contributed by atoms with Gasteiger partial charge in [0.1, 0.15) is 0 Å². The number of nitrogens with one attached hydrogen (secondary N) is 2. The Hall–Kier alpha value is -1.60. The molecule has 0 saturated carbocycles. The molecule has 0 unspecified atom stereocenters. The van der Waals surface area contributed by atoms with Crippen LogP contribution in [-0.2, 0) is 11.2 Å². The second-order valence-electron chi connectivity index (χ2n) is 5.45. The number of amides is 1. The van der Waals surface area contributed by atoms with Gasteiger partial charge in [0.15, 0.2) is 4.34 Å². The molecule has 130 valence electrons. The molecule has 0 fully saturated rings. The number of carbonyl (C=O) groups excluding carboxylic acids is 1. The molecule has 0 aliphatic carbocycles. The summed E-state index contributed by atoms with van der Waals surface area (Å²) in [5, 5.41) is 15.3. The van der Waals surface area contributed by atoms with Crippen LogP contribution in [0, 0.1) is 6.92 Å². The molecule has 2 aromatic rings. The van der Waals surface area contributed by atoms with Crippen molar-refractivity contribution in [1.29, 1.82) is 0 Å². The molecule has 24 heavy (non-hydrogen) atoms. The standard InChI is InChI=1S/C17H24N4OS2/c1-4-6-10-18-16-20-21-17(24-16)23-11-14(22)19-15-12(3)8-7-9-13(15)5-2/h7-9H,4-6,10-11H2,1-3H3,(H,18,20)(H,19,22). The van der Waals surface area contributed by atoms with Crippen LogP contribution in [0.15, 0.2) is 22.5 Å². The number of aromatic nitrogens is 2. The van der Waals surface area contributed by atoms with E-state index in [-0.39, 0.29) is 5.91 Å². The zero-order valence-electron chi connectivity index (χ0n) is 14.4. The molecule has 1 aromatic heterocycles. The zero-order valence-corrected chi connectivity index (χ0v) is 16.0. The molecule has 5 nitrogen and oxygen atoms in total. The van der Waals surface area contributed by atoms with Crippen molar-refractivity contribution in [1.82, 2.24) is 10.2 Å². The van der Waals surface area contributed by atoms with Crippen molar-refractivity contribution in [3.8, 4) is 0 Å². The van der Waals surface area contributed by atoms with Crippen LogP contribution in [0.3, 0.4) is 0 Å². The highest BCUT2D eigenvalue weighted by atomic mass is 32.2. The Kier molecular flexibility index (Phi) is 7.52. The monoisotopic (exact) mass is 364 g/mol. The smallest absolute Gasteiger partial charge is 0.234 e. The van der Waals surface area contributed by atoms with E-state index in [0.29, 0.717) is 5.75 Å². The average molecular weight is 365 g/mol. The van der Waals surface area contributed by atoms with Gasteiger partial charge in [-0.1, -0.05) is 61.6 Å². The van der Waals surface area contributed by atoms with Crippen LogP contribution in [0.1, 0.15) is 37.8 Å². The van der Waals surface area contributed by atoms with Gasteiger partial charge >= 0.3 is 0 Å². The number of aryl methyl sites for hydroxylation is 2. The summed E-state index contributed by atoms with van der Waals surface area (Å²) in [6.07, 6.45) is 3.15. The predicted octanol–water partition coefficient (Wildman–Crippen LogP) is 4.35. The highest BCUT2D eigenvalue weighted by molar-refractivity contribution is 8.01. The molecular formula is C17H24N4OS2. The Balaban J connectivity index is 1.85. The third-order valence-corrected chi connectivity index (χ3v) is 5.56. The van der Waals surface area contributed by atoms with Gasteiger partial charge in [-0.25, -0.2) is 0 Å². The Labute approximate surface area is 151 Å². The van der Waals surface area contributed by atoms with Crippen LogP contribution in [-0.4, -0.2) is 28.4 Å². The normalized spacial score (nSPS) is 10.6. The van der Waals surface area contributed by atoms with Crippen LogP contribution < -0.4 is 10.6 Å². The fraction of sp³-hybridized carbons (Fsp3) is 0.471. The first-order valence-electron chi connectivity index (χ1n) is 8.22. The number of anilines is 2. The van der Waals surface area contributed by atoms with E-state index in [9.17, 15) is 4.79 Å². The maximum absolute atomic E-state index is 12.2. The largest absolute Gasteiger partial charge is 0.360 e. The summed E-state index contributed by atoms with van der Waals surface area (Å²) in [6, 6.07) is 6.09. The number of hydrogen-bond acceptors (Lipinski definition) is 6. The van der Waals surface area contributed by atoms with Crippen molar-refractivity contribution >= 4 is 39.8 Å². The second-order valence-corrected chi connectivity index (χ2v) is 7.65. The quantitative estimate of drug-likeness (QED) is 0.511. The lowest BCUT2D eigenvalue weighted by Crippen LogP contribution is -2.16. The summed E-state index contributed by atoms with van der Waals surface area (Å²) in [4.78, 5) is 12.2. The molecule has 0 saturated heterocycles. The molecule has 0 spiro atoms. The van der Waals surface area contributed by atoms with Gasteiger partial charge in [-0.15, -0.1) is 10.2 Å². The van der Waals surface area contributed by atoms with E-state index >= 15 is 0 Å². The minimum absolute atomic E-state index is 0.0142. The number of carbonyl (C=O) groups is 1. The third kappa shape index (κ3) is 5.49. The molecule has 0 aliphatic heterocycles. The number of benzene rings is 1. The number of rotatable bonds is 9. The number of para-hydroxylation sites is 1. The molecule has 2 rings (SSSR count). The molecule has 1 amide bonds. The first-order valence-corrected chi connectivity index (χ1v) is 10.0. The number of unbranched alkanes of at least 4 members (excludes halogenated alkanes) is 1. The third-order valence-electron chi connectivity index (χ3n) is 3.54. The van der Waals surface area contributed by atoms with E-state index in [4.69, 9.17) is 0 Å². The van der Waals surface area contributed by atoms with Crippen LogP contribution in [0.25, 0.3) is 0 Å². The lowest BCUT2D eigenvalue weighted by Gasteiger charge is -2.12. The molecule has 0 bridgehead atoms. The molecule has 7 heteroatoms. The van der Waals surface area contributed by atoms with Gasteiger partial charge in [-0.3, -0.25) is 4.79 Å². The van der Waals surface area contributed by atoms with Gasteiger partial charge < -0.3 is 10.6 Å². The highest BCUT2D eigenvalue weighted by Crippen LogP contribution is 2.26. The molecule has 1 heterocycles. The van der Waals surface area contributed by atoms with Crippen molar-refractivity contribution in [3.63, 3.8) is 0 Å². The van der Waals surface area contributed by atoms with E-state index in [1.54, 1.807) is 0 Å². The first kappa shape index (κ1) is 18.7. The Morgan fingerprint density at radius 3 is 2.88 bits per heavy atom. The summed E-state index contributed by atoms with van der Waals surface area (Å²) < 4.78 is 0.810. The minimum atomic E-state index is -0.0142. The summed E-state index contributed by atoms with van der Waals surface area (Å²) in [7, 11) is 0. The van der Waals surface area contributed by atoms with Gasteiger partial charge in [-0.2, -0.15) is 0 Å². The lowest BCUT2D eigenvalue weighted by molar-refractivity contribution is -0.113. The van der Waals surface area contributed by atoms with Crippen molar-refractivity contribution in [2.45, 2.75) is 44.4 Å². The number of nitrogens with zero attached hydrogens (tertiary/aromatic N) is 2. The van der Waals surface area contributed by atoms with Crippen molar-refractivity contribution in [3.05, 3.63) is 29.3 Å². The van der Waals surface area contributed by atoms with E-state index in [1.165, 1.54) is 23.1 Å². The fourth-order valence-electron chi connectivity index (χ4n) is 2.22. The summed E-state index contributed by atoms with van der Waals surface area (Å²) in [6.45, 7) is 7.16. The van der Waals surface area contributed by atoms with E-state index in [0.717, 1.165) is 52.1 Å². The average Bonchev–Trinajstić information content (AvgIpc) is 3.03. The van der Waals surface area contributed by atoms with Crippen molar-refractivity contribution in [2.75, 3.05) is 22.9 Å². The van der Waals surface area contributed by atoms with Crippen molar-refractivity contribution < 1.29 is 4.79 Å². The second kappa shape index (κ2) is 9.64. The van der Waals surface area contributed by atoms with Gasteiger partial charge in [0.05, 0.1) is 5.75 Å². The van der Waals surface area contributed by atoms with Gasteiger partial charge in [-0.05, 0) is 30.9 Å². The topological polar surface area (TPSA) is 66.9 Å². The van der Waals surface area contributed by atoms with Crippen LogP contribution in [0.2, 0.25) is 0 Å². The Bertz CT molecular complexity index is 672. The zero-order chi connectivity index (χ0) is 17.4. The first-order chi connectivity index (χ1) is 11.6. The van der Waals surface area contributed by atoms with Gasteiger partial charge in [0.25, 0.3) is 0 Å². The van der Waals surface area contributed by atoms with E-state index < -0.39 is 0 Å².